The lowest BCUT2D eigenvalue weighted by Gasteiger charge is -2.35. The minimum Gasteiger partial charge on any atom is -0.492 e. The van der Waals surface area contributed by atoms with Crippen molar-refractivity contribution in [2.45, 2.75) is 25.2 Å². The van der Waals surface area contributed by atoms with Gasteiger partial charge in [0.2, 0.25) is 5.91 Å². The van der Waals surface area contributed by atoms with Crippen LogP contribution in [-0.2, 0) is 23.9 Å². The van der Waals surface area contributed by atoms with Crippen LogP contribution in [0.5, 0.6) is 5.75 Å². The lowest BCUT2D eigenvalue weighted by Crippen LogP contribution is -2.53. The van der Waals surface area contributed by atoms with Gasteiger partial charge in [0.1, 0.15) is 18.4 Å². The first kappa shape index (κ1) is 22.4. The summed E-state index contributed by atoms with van der Waals surface area (Å²) in [5.74, 6) is -0.313. The average Bonchev–Trinajstić information content (AvgIpc) is 3.35. The number of hydrogen-bond acceptors (Lipinski definition) is 4. The molecule has 0 bridgehead atoms. The highest BCUT2D eigenvalue weighted by molar-refractivity contribution is 5.96. The van der Waals surface area contributed by atoms with Crippen LogP contribution in [-0.4, -0.2) is 35.9 Å². The number of halogens is 3. The second-order valence-electron chi connectivity index (χ2n) is 7.56. The summed E-state index contributed by atoms with van der Waals surface area (Å²) in [6, 6.07) is 14.4. The molecule has 1 aromatic heterocycles. The van der Waals surface area contributed by atoms with Crippen molar-refractivity contribution in [3.63, 3.8) is 0 Å². The van der Waals surface area contributed by atoms with Gasteiger partial charge in [0.25, 0.3) is 5.91 Å². The van der Waals surface area contributed by atoms with Crippen molar-refractivity contribution in [1.29, 1.82) is 0 Å². The van der Waals surface area contributed by atoms with Crippen LogP contribution in [0.2, 0.25) is 0 Å². The first-order chi connectivity index (χ1) is 15.8. The number of hydrogen-bond donors (Lipinski definition) is 1. The van der Waals surface area contributed by atoms with Gasteiger partial charge >= 0.3 is 6.18 Å². The van der Waals surface area contributed by atoms with E-state index in [1.807, 2.05) is 24.3 Å². The Bertz CT molecular complexity index is 1110. The van der Waals surface area contributed by atoms with Gasteiger partial charge in [0.15, 0.2) is 5.76 Å². The third kappa shape index (κ3) is 5.19. The Morgan fingerprint density at radius 3 is 2.42 bits per heavy atom. The summed E-state index contributed by atoms with van der Waals surface area (Å²) in [4.78, 5) is 27.4. The van der Waals surface area contributed by atoms with Gasteiger partial charge in [-0.3, -0.25) is 9.59 Å². The fourth-order valence-electron chi connectivity index (χ4n) is 3.71. The number of alkyl halides is 3. The second-order valence-corrected chi connectivity index (χ2v) is 7.56. The summed E-state index contributed by atoms with van der Waals surface area (Å²) in [6.45, 7) is 0.461. The molecule has 2 amide bonds. The fraction of sp³-hybridized carbons (Fsp3) is 0.250. The van der Waals surface area contributed by atoms with Gasteiger partial charge in [-0.1, -0.05) is 24.3 Å². The predicted molar refractivity (Wildman–Crippen MR) is 112 cm³/mol. The molecular formula is C24H21F3N2O4. The molecule has 1 aliphatic heterocycles. The lowest BCUT2D eigenvalue weighted by molar-refractivity contribution is -0.137. The Morgan fingerprint density at radius 2 is 1.76 bits per heavy atom. The fourth-order valence-corrected chi connectivity index (χ4v) is 3.71. The minimum absolute atomic E-state index is 0.0620. The average molecular weight is 458 g/mol. The molecule has 1 N–H and O–H groups in total. The molecular weight excluding hydrogens is 437 g/mol. The Balaban J connectivity index is 1.37. The van der Waals surface area contributed by atoms with Crippen LogP contribution >= 0.6 is 0 Å². The quantitative estimate of drug-likeness (QED) is 0.566. The maximum Gasteiger partial charge on any atom is 0.416 e. The maximum absolute atomic E-state index is 12.9. The van der Waals surface area contributed by atoms with E-state index < -0.39 is 17.8 Å². The van der Waals surface area contributed by atoms with Crippen molar-refractivity contribution in [2.24, 2.45) is 0 Å². The molecule has 4 rings (SSSR count). The summed E-state index contributed by atoms with van der Waals surface area (Å²) in [5.41, 5.74) is 1.19. The number of nitrogens with zero attached hydrogens (tertiary/aromatic N) is 1. The molecule has 0 aliphatic carbocycles. The summed E-state index contributed by atoms with van der Waals surface area (Å²) >= 11 is 0. The minimum atomic E-state index is -4.41. The Hall–Kier alpha value is -3.75. The van der Waals surface area contributed by atoms with Gasteiger partial charge in [0, 0.05) is 13.0 Å². The molecule has 1 unspecified atom stereocenters. The van der Waals surface area contributed by atoms with Gasteiger partial charge in [-0.05, 0) is 47.5 Å². The molecule has 9 heteroatoms. The van der Waals surface area contributed by atoms with Gasteiger partial charge < -0.3 is 19.4 Å². The number of benzene rings is 2. The Kier molecular flexibility index (Phi) is 6.39. The van der Waals surface area contributed by atoms with E-state index in [1.165, 1.54) is 23.3 Å². The third-order valence-corrected chi connectivity index (χ3v) is 5.40. The van der Waals surface area contributed by atoms with Crippen LogP contribution in [0, 0.1) is 0 Å². The van der Waals surface area contributed by atoms with Crippen LogP contribution in [0.25, 0.3) is 0 Å². The Labute approximate surface area is 187 Å². The van der Waals surface area contributed by atoms with E-state index in [1.54, 1.807) is 12.1 Å². The van der Waals surface area contributed by atoms with Crippen molar-refractivity contribution in [3.8, 4) is 5.75 Å². The molecule has 2 aromatic carbocycles. The number of amides is 2. The number of ether oxygens (including phenoxy) is 1. The lowest BCUT2D eigenvalue weighted by atomic mass is 9.93. The number of furan rings is 1. The summed E-state index contributed by atoms with van der Waals surface area (Å²) in [6.07, 6.45) is -2.66. The van der Waals surface area contributed by atoms with Gasteiger partial charge in [-0.2, -0.15) is 13.2 Å². The van der Waals surface area contributed by atoms with Crippen molar-refractivity contribution >= 4 is 11.8 Å². The molecule has 0 saturated heterocycles. The summed E-state index contributed by atoms with van der Waals surface area (Å²) in [5, 5.41) is 2.75. The largest absolute Gasteiger partial charge is 0.492 e. The van der Waals surface area contributed by atoms with Gasteiger partial charge in [-0.15, -0.1) is 0 Å². The normalized spacial score (nSPS) is 15.6. The van der Waals surface area contributed by atoms with E-state index in [0.717, 1.165) is 23.3 Å². The number of nitrogens with one attached hydrogen (secondary N) is 1. The SMILES string of the molecule is O=C(NCCOc1ccc(C(F)(F)F)cc1)C1Cc2ccccc2CN1C(=O)c1ccco1. The molecule has 0 fully saturated rings. The first-order valence-corrected chi connectivity index (χ1v) is 10.3. The predicted octanol–water partition coefficient (Wildman–Crippen LogP) is 4.06. The zero-order chi connectivity index (χ0) is 23.4. The third-order valence-electron chi connectivity index (χ3n) is 5.40. The zero-order valence-corrected chi connectivity index (χ0v) is 17.5. The molecule has 1 atom stereocenters. The van der Waals surface area contributed by atoms with E-state index in [2.05, 4.69) is 5.32 Å². The molecule has 1 aliphatic rings. The number of fused-ring (bicyclic) bond motifs is 1. The molecule has 172 valence electrons. The highest BCUT2D eigenvalue weighted by Gasteiger charge is 2.35. The van der Waals surface area contributed by atoms with Crippen molar-refractivity contribution < 1.29 is 31.9 Å². The van der Waals surface area contributed by atoms with E-state index >= 15 is 0 Å². The monoisotopic (exact) mass is 458 g/mol. The second kappa shape index (κ2) is 9.40. The van der Waals surface area contributed by atoms with Crippen LogP contribution in [0.15, 0.2) is 71.3 Å². The standard InChI is InChI=1S/C24H21F3N2O4/c25-24(26,27)18-7-9-19(10-8-18)32-13-11-28-22(30)20-14-16-4-1-2-5-17(16)15-29(20)23(31)21-6-3-12-33-21/h1-10,12,20H,11,13-15H2,(H,28,30). The van der Waals surface area contributed by atoms with Gasteiger partial charge in [-0.25, -0.2) is 0 Å². The summed E-state index contributed by atoms with van der Waals surface area (Å²) < 4.78 is 48.6. The molecule has 33 heavy (non-hydrogen) atoms. The van der Waals surface area contributed by atoms with E-state index in [9.17, 15) is 22.8 Å². The van der Waals surface area contributed by atoms with Gasteiger partial charge in [0.05, 0.1) is 18.4 Å². The van der Waals surface area contributed by atoms with E-state index in [4.69, 9.17) is 9.15 Å². The zero-order valence-electron chi connectivity index (χ0n) is 17.5. The van der Waals surface area contributed by atoms with Crippen LogP contribution in [0.4, 0.5) is 13.2 Å². The highest BCUT2D eigenvalue weighted by atomic mass is 19.4. The number of rotatable bonds is 6. The Morgan fingerprint density at radius 1 is 1.03 bits per heavy atom. The summed E-state index contributed by atoms with van der Waals surface area (Å²) in [7, 11) is 0. The molecule has 0 saturated carbocycles. The molecule has 2 heterocycles. The number of carbonyl (C=O) groups excluding carboxylic acids is 2. The van der Waals surface area contributed by atoms with Crippen LogP contribution in [0.1, 0.15) is 27.2 Å². The smallest absolute Gasteiger partial charge is 0.416 e. The topological polar surface area (TPSA) is 71.8 Å². The van der Waals surface area contributed by atoms with Crippen molar-refractivity contribution in [1.82, 2.24) is 10.2 Å². The maximum atomic E-state index is 12.9. The molecule has 3 aromatic rings. The van der Waals surface area contributed by atoms with E-state index in [0.29, 0.717) is 6.42 Å². The molecule has 0 spiro atoms. The number of carbonyl (C=O) groups is 2. The molecule has 0 radical (unpaired) electrons. The first-order valence-electron chi connectivity index (χ1n) is 10.3. The van der Waals surface area contributed by atoms with Crippen molar-refractivity contribution in [2.75, 3.05) is 13.2 Å². The van der Waals surface area contributed by atoms with Crippen LogP contribution < -0.4 is 10.1 Å². The highest BCUT2D eigenvalue weighted by Crippen LogP contribution is 2.30. The van der Waals surface area contributed by atoms with E-state index in [-0.39, 0.29) is 43.0 Å². The van der Waals surface area contributed by atoms with Crippen LogP contribution in [0.3, 0.4) is 0 Å². The van der Waals surface area contributed by atoms with Crippen molar-refractivity contribution in [3.05, 3.63) is 89.4 Å². The molecule has 6 nitrogen and oxygen atoms in total.